The average molecular weight is 570 g/mol. The lowest BCUT2D eigenvalue weighted by molar-refractivity contribution is -0.122. The van der Waals surface area contributed by atoms with Crippen molar-refractivity contribution in [3.05, 3.63) is 66.2 Å². The highest BCUT2D eigenvalue weighted by Gasteiger charge is 2.32. The summed E-state index contributed by atoms with van der Waals surface area (Å²) in [4.78, 5) is 12.8. The van der Waals surface area contributed by atoms with Crippen LogP contribution in [-0.4, -0.2) is 62.3 Å². The van der Waals surface area contributed by atoms with Crippen LogP contribution in [0.5, 0.6) is 11.5 Å². The van der Waals surface area contributed by atoms with Crippen molar-refractivity contribution >= 4 is 26.7 Å². The third-order valence-corrected chi connectivity index (χ3v) is 8.95. The first-order valence-corrected chi connectivity index (χ1v) is 15.2. The molecule has 0 aromatic heterocycles. The van der Waals surface area contributed by atoms with Crippen LogP contribution in [0.15, 0.2) is 65.6 Å². The molecule has 10 heteroatoms. The van der Waals surface area contributed by atoms with Crippen LogP contribution in [0, 0.1) is 5.92 Å². The van der Waals surface area contributed by atoms with Crippen molar-refractivity contribution in [2.45, 2.75) is 56.5 Å². The maximum atomic E-state index is 13.6. The van der Waals surface area contributed by atoms with Gasteiger partial charge in [-0.3, -0.25) is 4.79 Å². The highest BCUT2D eigenvalue weighted by molar-refractivity contribution is 7.89. The molecule has 216 valence electrons. The fraction of sp³-hybridized carbons (Fsp3) is 0.433. The molecular weight excluding hydrogens is 530 g/mol. The number of sulfonamides is 1. The van der Waals surface area contributed by atoms with Crippen LogP contribution in [0.3, 0.4) is 0 Å². The molecule has 2 atom stereocenters. The fourth-order valence-electron chi connectivity index (χ4n) is 4.95. The summed E-state index contributed by atoms with van der Waals surface area (Å²) in [5.41, 5.74) is 7.24. The average Bonchev–Trinajstić information content (AvgIpc) is 3.42. The topological polar surface area (TPSA) is 131 Å². The van der Waals surface area contributed by atoms with Crippen molar-refractivity contribution in [2.24, 2.45) is 11.7 Å². The molecule has 1 amide bonds. The highest BCUT2D eigenvalue weighted by atomic mass is 32.2. The Kier molecular flexibility index (Phi) is 10.0. The minimum Gasteiger partial charge on any atom is -0.454 e. The van der Waals surface area contributed by atoms with Crippen molar-refractivity contribution in [3.63, 3.8) is 0 Å². The van der Waals surface area contributed by atoms with E-state index >= 15 is 0 Å². The van der Waals surface area contributed by atoms with Gasteiger partial charge in [0.1, 0.15) is 0 Å². The Labute approximate surface area is 236 Å². The molecule has 1 aliphatic rings. The van der Waals surface area contributed by atoms with Gasteiger partial charge in [0.05, 0.1) is 17.5 Å². The van der Waals surface area contributed by atoms with Gasteiger partial charge in [0, 0.05) is 25.2 Å². The van der Waals surface area contributed by atoms with Crippen LogP contribution in [0.4, 0.5) is 0 Å². The predicted octanol–water partition coefficient (Wildman–Crippen LogP) is 3.43. The lowest BCUT2D eigenvalue weighted by Gasteiger charge is -2.31. The number of ether oxygens (including phenoxy) is 2. The molecule has 2 unspecified atom stereocenters. The number of nitrogens with two attached hydrogens (primary N) is 1. The van der Waals surface area contributed by atoms with E-state index in [-0.39, 0.29) is 36.7 Å². The summed E-state index contributed by atoms with van der Waals surface area (Å²) in [5, 5.41) is 15.3. The van der Waals surface area contributed by atoms with Crippen LogP contribution in [0.2, 0.25) is 0 Å². The van der Waals surface area contributed by atoms with Crippen molar-refractivity contribution in [3.8, 4) is 11.5 Å². The molecule has 0 saturated heterocycles. The second-order valence-corrected chi connectivity index (χ2v) is 12.4. The van der Waals surface area contributed by atoms with Crippen molar-refractivity contribution in [1.29, 1.82) is 0 Å². The predicted molar refractivity (Wildman–Crippen MR) is 155 cm³/mol. The van der Waals surface area contributed by atoms with Crippen molar-refractivity contribution in [2.75, 3.05) is 26.5 Å². The third-order valence-electron chi connectivity index (χ3n) is 7.03. The monoisotopic (exact) mass is 569 g/mol. The van der Waals surface area contributed by atoms with Crippen LogP contribution >= 0.6 is 0 Å². The minimum atomic E-state index is -3.89. The van der Waals surface area contributed by atoms with Gasteiger partial charge in [-0.2, -0.15) is 4.31 Å². The van der Waals surface area contributed by atoms with Gasteiger partial charge in [-0.15, -0.1) is 0 Å². The van der Waals surface area contributed by atoms with Gasteiger partial charge in [-0.1, -0.05) is 62.7 Å². The first kappa shape index (κ1) is 29.8. The SMILES string of the molecule is CC(C)CN(C(CO)CCCCNC(=O)C(N)Cc1cccc2ccccc12)S(=O)(=O)c1ccc2c(c1)OCO2. The Morgan fingerprint density at radius 2 is 1.80 bits per heavy atom. The summed E-state index contributed by atoms with van der Waals surface area (Å²) in [6.07, 6.45) is 2.13. The summed E-state index contributed by atoms with van der Waals surface area (Å²) in [5.74, 6) is 0.728. The van der Waals surface area contributed by atoms with Crippen LogP contribution in [-0.2, 0) is 21.2 Å². The molecule has 0 radical (unpaired) electrons. The van der Waals surface area contributed by atoms with Gasteiger partial charge in [0.2, 0.25) is 22.7 Å². The van der Waals surface area contributed by atoms with Gasteiger partial charge in [-0.25, -0.2) is 8.42 Å². The number of benzene rings is 3. The quantitative estimate of drug-likeness (QED) is 0.254. The van der Waals surface area contributed by atoms with E-state index in [4.69, 9.17) is 15.2 Å². The van der Waals surface area contributed by atoms with Gasteiger partial charge in [0.25, 0.3) is 0 Å². The molecule has 0 spiro atoms. The Balaban J connectivity index is 1.30. The summed E-state index contributed by atoms with van der Waals surface area (Å²) in [6, 6.07) is 17.3. The van der Waals surface area contributed by atoms with E-state index in [0.29, 0.717) is 43.7 Å². The fourth-order valence-corrected chi connectivity index (χ4v) is 6.78. The largest absolute Gasteiger partial charge is 0.454 e. The summed E-state index contributed by atoms with van der Waals surface area (Å²) in [7, 11) is -3.89. The number of amides is 1. The number of aliphatic hydroxyl groups excluding tert-OH is 1. The second-order valence-electron chi connectivity index (χ2n) is 10.6. The Hall–Kier alpha value is -3.18. The molecule has 0 saturated carbocycles. The number of unbranched alkanes of at least 4 members (excludes halogenated alkanes) is 1. The molecule has 1 aliphatic heterocycles. The van der Waals surface area contributed by atoms with E-state index in [2.05, 4.69) is 5.32 Å². The molecule has 0 fully saturated rings. The first-order chi connectivity index (χ1) is 19.2. The number of carbonyl (C=O) groups is 1. The third kappa shape index (κ3) is 7.11. The van der Waals surface area contributed by atoms with Crippen LogP contribution in [0.25, 0.3) is 10.8 Å². The van der Waals surface area contributed by atoms with Crippen LogP contribution in [0.1, 0.15) is 38.7 Å². The first-order valence-electron chi connectivity index (χ1n) is 13.7. The number of fused-ring (bicyclic) bond motifs is 2. The molecule has 3 aromatic rings. The Bertz CT molecular complexity index is 1410. The molecule has 1 heterocycles. The normalized spacial score (nSPS) is 14.6. The number of carbonyl (C=O) groups excluding carboxylic acids is 1. The van der Waals surface area contributed by atoms with Gasteiger partial charge in [-0.05, 0) is 53.6 Å². The van der Waals surface area contributed by atoms with Crippen molar-refractivity contribution < 1.29 is 27.8 Å². The number of nitrogens with zero attached hydrogens (tertiary/aromatic N) is 1. The summed E-state index contributed by atoms with van der Waals surface area (Å²) >= 11 is 0. The zero-order chi connectivity index (χ0) is 28.7. The number of aliphatic hydroxyl groups is 1. The maximum Gasteiger partial charge on any atom is 0.243 e. The van der Waals surface area contributed by atoms with E-state index in [9.17, 15) is 18.3 Å². The van der Waals surface area contributed by atoms with Crippen LogP contribution < -0.4 is 20.5 Å². The lowest BCUT2D eigenvalue weighted by Crippen LogP contribution is -2.44. The molecule has 4 N–H and O–H groups in total. The zero-order valence-electron chi connectivity index (χ0n) is 23.1. The Morgan fingerprint density at radius 3 is 2.58 bits per heavy atom. The van der Waals surface area contributed by atoms with Gasteiger partial charge in [0.15, 0.2) is 11.5 Å². The van der Waals surface area contributed by atoms with Crippen molar-refractivity contribution in [1.82, 2.24) is 9.62 Å². The molecule has 4 rings (SSSR count). The molecule has 3 aromatic carbocycles. The van der Waals surface area contributed by atoms with Gasteiger partial charge < -0.3 is 25.6 Å². The zero-order valence-corrected chi connectivity index (χ0v) is 23.9. The highest BCUT2D eigenvalue weighted by Crippen LogP contribution is 2.35. The molecule has 0 aliphatic carbocycles. The number of hydrogen-bond donors (Lipinski definition) is 3. The van der Waals surface area contributed by atoms with E-state index in [1.165, 1.54) is 16.4 Å². The van der Waals surface area contributed by atoms with E-state index in [1.54, 1.807) is 6.07 Å². The number of nitrogens with one attached hydrogen (secondary N) is 1. The molecule has 0 bridgehead atoms. The maximum absolute atomic E-state index is 13.6. The lowest BCUT2D eigenvalue weighted by atomic mass is 9.99. The molecular formula is C30H39N3O6S. The smallest absolute Gasteiger partial charge is 0.243 e. The van der Waals surface area contributed by atoms with Gasteiger partial charge >= 0.3 is 0 Å². The number of rotatable bonds is 14. The Morgan fingerprint density at radius 1 is 1.05 bits per heavy atom. The minimum absolute atomic E-state index is 0.0540. The molecule has 9 nitrogen and oxygen atoms in total. The summed E-state index contributed by atoms with van der Waals surface area (Å²) < 4.78 is 39.3. The molecule has 40 heavy (non-hydrogen) atoms. The van der Waals surface area contributed by atoms with E-state index in [1.807, 2.05) is 56.3 Å². The number of hydrogen-bond acceptors (Lipinski definition) is 7. The standard InChI is InChI=1S/C30H39N3O6S/c1-21(2)18-33(40(36,37)25-13-14-28-29(17-25)39-20-38-28)24(19-34)11-5-6-15-32-30(35)27(31)16-23-10-7-9-22-8-3-4-12-26(22)23/h3-4,7-10,12-14,17,21,24,27,34H,5-6,11,15-16,18-20,31H2,1-2H3,(H,32,35). The summed E-state index contributed by atoms with van der Waals surface area (Å²) in [6.45, 7) is 4.31. The second kappa shape index (κ2) is 13.5. The van der Waals surface area contributed by atoms with E-state index < -0.39 is 22.1 Å². The van der Waals surface area contributed by atoms with E-state index in [0.717, 1.165) is 16.3 Å².